The minimum atomic E-state index is -1.03. The molecule has 3 rings (SSSR count). The van der Waals surface area contributed by atoms with E-state index in [-0.39, 0.29) is 11.3 Å². The predicted octanol–water partition coefficient (Wildman–Crippen LogP) is 10.1. The molecule has 2 aromatic carbocycles. The second kappa shape index (κ2) is 15.6. The van der Waals surface area contributed by atoms with Crippen molar-refractivity contribution in [3.63, 3.8) is 0 Å². The van der Waals surface area contributed by atoms with Gasteiger partial charge >= 0.3 is 11.9 Å². The second-order valence-corrected chi connectivity index (χ2v) is 12.9. The van der Waals surface area contributed by atoms with Crippen LogP contribution in [0.15, 0.2) is 89.1 Å². The maximum absolute atomic E-state index is 12.8. The van der Waals surface area contributed by atoms with E-state index in [1.165, 1.54) is 36.5 Å². The molecule has 0 amide bonds. The number of carboxylic acids is 1. The number of carboxylic acid groups (broad SMARTS) is 1. The van der Waals surface area contributed by atoms with E-state index < -0.39 is 18.5 Å². The Labute approximate surface area is 268 Å². The number of esters is 1. The summed E-state index contributed by atoms with van der Waals surface area (Å²) >= 11 is 0. The summed E-state index contributed by atoms with van der Waals surface area (Å²) in [5.74, 6) is 0.817. The van der Waals surface area contributed by atoms with Gasteiger partial charge in [0.05, 0.1) is 0 Å². The van der Waals surface area contributed by atoms with Crippen molar-refractivity contribution < 1.29 is 28.9 Å². The molecular formula is C39H48O6. The Morgan fingerprint density at radius 3 is 2.29 bits per heavy atom. The molecule has 1 aliphatic carbocycles. The summed E-state index contributed by atoms with van der Waals surface area (Å²) in [5, 5.41) is 8.88. The lowest BCUT2D eigenvalue weighted by molar-refractivity contribution is -0.139. The lowest BCUT2D eigenvalue weighted by Crippen LogP contribution is -2.19. The van der Waals surface area contributed by atoms with Gasteiger partial charge in [0.2, 0.25) is 0 Å². The third-order valence-electron chi connectivity index (χ3n) is 7.95. The minimum Gasteiger partial charge on any atom is -0.482 e. The number of carbonyl (C=O) groups is 2. The molecule has 1 N–H and O–H groups in total. The molecule has 0 atom stereocenters. The van der Waals surface area contributed by atoms with Crippen LogP contribution in [0.5, 0.6) is 23.0 Å². The van der Waals surface area contributed by atoms with Crippen molar-refractivity contribution in [1.29, 1.82) is 0 Å². The average Bonchev–Trinajstić information content (AvgIpc) is 2.93. The molecule has 1 aliphatic rings. The van der Waals surface area contributed by atoms with Gasteiger partial charge in [0, 0.05) is 11.6 Å². The molecule has 0 aliphatic heterocycles. The molecule has 0 saturated heterocycles. The molecule has 240 valence electrons. The van der Waals surface area contributed by atoms with Crippen LogP contribution in [0, 0.1) is 19.3 Å². The normalized spacial score (nSPS) is 15.7. The quantitative estimate of drug-likeness (QED) is 0.111. The lowest BCUT2D eigenvalue weighted by Gasteiger charge is -2.32. The van der Waals surface area contributed by atoms with Crippen LogP contribution in [0.25, 0.3) is 0 Å². The van der Waals surface area contributed by atoms with Crippen molar-refractivity contribution in [1.82, 2.24) is 0 Å². The Balaban J connectivity index is 1.68. The Kier molecular flexibility index (Phi) is 12.2. The van der Waals surface area contributed by atoms with E-state index in [2.05, 4.69) is 39.8 Å². The fraction of sp³-hybridized carbons (Fsp3) is 0.385. The monoisotopic (exact) mass is 612 g/mol. The highest BCUT2D eigenvalue weighted by Gasteiger charge is 2.26. The first-order valence-corrected chi connectivity index (χ1v) is 15.6. The SMILES string of the molecule is CC(C=CC1=C(C)CCCC1(C)C)=CC=CC(C)=CC(=O)Oc1ccc(Oc2c(C)cc(OCC(=O)O)cc2C)cc1C(C)C. The highest BCUT2D eigenvalue weighted by atomic mass is 16.5. The first-order chi connectivity index (χ1) is 21.2. The lowest BCUT2D eigenvalue weighted by atomic mass is 9.72. The largest absolute Gasteiger partial charge is 0.482 e. The molecule has 0 radical (unpaired) electrons. The fourth-order valence-corrected chi connectivity index (χ4v) is 5.56. The van der Waals surface area contributed by atoms with Crippen LogP contribution in [0.3, 0.4) is 0 Å². The van der Waals surface area contributed by atoms with Gasteiger partial charge in [-0.2, -0.15) is 0 Å². The topological polar surface area (TPSA) is 82.1 Å². The number of aryl methyl sites for hydroxylation is 2. The van der Waals surface area contributed by atoms with Crippen LogP contribution in [0.2, 0.25) is 0 Å². The molecule has 0 aromatic heterocycles. The van der Waals surface area contributed by atoms with Crippen molar-refractivity contribution in [2.24, 2.45) is 5.41 Å². The fourth-order valence-electron chi connectivity index (χ4n) is 5.56. The summed E-state index contributed by atoms with van der Waals surface area (Å²) in [6, 6.07) is 8.90. The smallest absolute Gasteiger partial charge is 0.341 e. The summed E-state index contributed by atoms with van der Waals surface area (Å²) in [6.07, 6.45) is 15.4. The number of aliphatic carboxylic acids is 1. The average molecular weight is 613 g/mol. The van der Waals surface area contributed by atoms with Crippen LogP contribution >= 0.6 is 0 Å². The zero-order chi connectivity index (χ0) is 33.3. The maximum atomic E-state index is 12.8. The third-order valence-corrected chi connectivity index (χ3v) is 7.95. The summed E-state index contributed by atoms with van der Waals surface area (Å²) in [4.78, 5) is 23.7. The zero-order valence-corrected chi connectivity index (χ0v) is 28.2. The number of hydrogen-bond donors (Lipinski definition) is 1. The van der Waals surface area contributed by atoms with Crippen LogP contribution in [0.1, 0.15) is 90.3 Å². The van der Waals surface area contributed by atoms with Crippen molar-refractivity contribution in [2.75, 3.05) is 6.61 Å². The summed E-state index contributed by atoms with van der Waals surface area (Å²) < 4.78 is 17.3. The Morgan fingerprint density at radius 1 is 0.978 bits per heavy atom. The first kappa shape index (κ1) is 35.2. The highest BCUT2D eigenvalue weighted by Crippen LogP contribution is 2.41. The van der Waals surface area contributed by atoms with Crippen molar-refractivity contribution >= 4 is 11.9 Å². The number of benzene rings is 2. The molecule has 45 heavy (non-hydrogen) atoms. The molecule has 6 nitrogen and oxygen atoms in total. The van der Waals surface area contributed by atoms with E-state index in [9.17, 15) is 9.59 Å². The maximum Gasteiger partial charge on any atom is 0.341 e. The van der Waals surface area contributed by atoms with Gasteiger partial charge < -0.3 is 19.3 Å². The van der Waals surface area contributed by atoms with Gasteiger partial charge in [0.15, 0.2) is 6.61 Å². The molecule has 0 heterocycles. The zero-order valence-electron chi connectivity index (χ0n) is 28.2. The number of rotatable bonds is 12. The first-order valence-electron chi connectivity index (χ1n) is 15.6. The van der Waals surface area contributed by atoms with Gasteiger partial charge in [-0.05, 0) is 118 Å². The molecule has 0 spiro atoms. The van der Waals surface area contributed by atoms with E-state index in [0.29, 0.717) is 23.0 Å². The number of carbonyl (C=O) groups excluding carboxylic acids is 1. The van der Waals surface area contributed by atoms with Gasteiger partial charge in [0.1, 0.15) is 23.0 Å². The van der Waals surface area contributed by atoms with Gasteiger partial charge in [-0.25, -0.2) is 9.59 Å². The van der Waals surface area contributed by atoms with Crippen LogP contribution in [-0.2, 0) is 9.59 Å². The molecule has 6 heteroatoms. The van der Waals surface area contributed by atoms with Crippen molar-refractivity contribution in [3.8, 4) is 23.0 Å². The van der Waals surface area contributed by atoms with E-state index in [1.807, 2.05) is 58.9 Å². The molecule has 0 saturated carbocycles. The van der Waals surface area contributed by atoms with E-state index in [1.54, 1.807) is 24.3 Å². The Bertz CT molecular complexity index is 1540. The van der Waals surface area contributed by atoms with Gasteiger partial charge in [-0.1, -0.05) is 69.2 Å². The van der Waals surface area contributed by atoms with E-state index >= 15 is 0 Å². The molecule has 2 aromatic rings. The summed E-state index contributed by atoms with van der Waals surface area (Å²) in [7, 11) is 0. The number of ether oxygens (including phenoxy) is 3. The number of hydrogen-bond acceptors (Lipinski definition) is 5. The van der Waals surface area contributed by atoms with Crippen LogP contribution < -0.4 is 14.2 Å². The Hall–Kier alpha value is -4.32. The standard InChI is InChI=1S/C39H48O6/c1-25(2)33-23-31(44-38-29(6)21-32(22-30(38)7)43-24-36(40)41)16-18-35(33)45-37(42)20-27(4)13-10-12-26(3)15-17-34-28(5)14-11-19-39(34,8)9/h10,12-13,15-18,20-23,25H,11,14,19,24H2,1-9H3,(H,40,41). The molecule has 0 bridgehead atoms. The van der Waals surface area contributed by atoms with Crippen molar-refractivity contribution in [2.45, 2.75) is 87.5 Å². The van der Waals surface area contributed by atoms with Crippen LogP contribution in [-0.4, -0.2) is 23.7 Å². The van der Waals surface area contributed by atoms with Gasteiger partial charge in [0.25, 0.3) is 0 Å². The highest BCUT2D eigenvalue weighted by molar-refractivity contribution is 5.85. The minimum absolute atomic E-state index is 0.0789. The molecule has 0 fully saturated rings. The predicted molar refractivity (Wildman–Crippen MR) is 181 cm³/mol. The van der Waals surface area contributed by atoms with Crippen molar-refractivity contribution in [3.05, 3.63) is 106 Å². The van der Waals surface area contributed by atoms with Gasteiger partial charge in [-0.15, -0.1) is 0 Å². The van der Waals surface area contributed by atoms with Crippen LogP contribution in [0.4, 0.5) is 0 Å². The second-order valence-electron chi connectivity index (χ2n) is 12.9. The third kappa shape index (κ3) is 10.4. The Morgan fingerprint density at radius 2 is 1.67 bits per heavy atom. The summed E-state index contributed by atoms with van der Waals surface area (Å²) in [5.41, 5.74) is 7.52. The summed E-state index contributed by atoms with van der Waals surface area (Å²) in [6.45, 7) is 18.2. The number of allylic oxidation sites excluding steroid dienone is 9. The van der Waals surface area contributed by atoms with Gasteiger partial charge in [-0.3, -0.25) is 0 Å². The van der Waals surface area contributed by atoms with E-state index in [0.717, 1.165) is 27.8 Å². The molecular weight excluding hydrogens is 564 g/mol. The molecule has 0 unspecified atom stereocenters. The van der Waals surface area contributed by atoms with E-state index in [4.69, 9.17) is 19.3 Å².